The van der Waals surface area contributed by atoms with Gasteiger partial charge in [-0.3, -0.25) is 4.79 Å². The zero-order chi connectivity index (χ0) is 15.2. The molecule has 0 bridgehead atoms. The Kier molecular flexibility index (Phi) is 5.17. The summed E-state index contributed by atoms with van der Waals surface area (Å²) in [5, 5.41) is 0. The van der Waals surface area contributed by atoms with Gasteiger partial charge >= 0.3 is 0 Å². The summed E-state index contributed by atoms with van der Waals surface area (Å²) in [4.78, 5) is 12.3. The zero-order valence-electron chi connectivity index (χ0n) is 12.6. The maximum Gasteiger partial charge on any atom is 0.255 e. The molecule has 0 unspecified atom stereocenters. The SMILES string of the molecule is CCCOc1cccc(-c2ccc(CN)c(=O)n2CC)c1. The van der Waals surface area contributed by atoms with Crippen LogP contribution >= 0.6 is 0 Å². The van der Waals surface area contributed by atoms with Gasteiger partial charge in [0.15, 0.2) is 0 Å². The first-order chi connectivity index (χ1) is 10.2. The number of nitrogens with zero attached hydrogens (tertiary/aromatic N) is 1. The highest BCUT2D eigenvalue weighted by molar-refractivity contribution is 5.62. The van der Waals surface area contributed by atoms with Crippen LogP contribution in [0.5, 0.6) is 5.75 Å². The Labute approximate surface area is 125 Å². The molecule has 4 nitrogen and oxygen atoms in total. The minimum absolute atomic E-state index is 0.0163. The van der Waals surface area contributed by atoms with Crippen LogP contribution in [0.4, 0.5) is 0 Å². The van der Waals surface area contributed by atoms with E-state index in [1.165, 1.54) is 0 Å². The van der Waals surface area contributed by atoms with Gasteiger partial charge in [-0.25, -0.2) is 0 Å². The summed E-state index contributed by atoms with van der Waals surface area (Å²) in [5.41, 5.74) is 8.10. The molecule has 0 amide bonds. The van der Waals surface area contributed by atoms with Crippen molar-refractivity contribution >= 4 is 0 Å². The monoisotopic (exact) mass is 286 g/mol. The maximum atomic E-state index is 12.3. The molecule has 2 aromatic rings. The van der Waals surface area contributed by atoms with E-state index in [0.29, 0.717) is 18.7 Å². The van der Waals surface area contributed by atoms with Crippen molar-refractivity contribution in [3.8, 4) is 17.0 Å². The first-order valence-electron chi connectivity index (χ1n) is 7.37. The van der Waals surface area contributed by atoms with Crippen molar-refractivity contribution in [3.05, 3.63) is 52.3 Å². The van der Waals surface area contributed by atoms with E-state index in [1.54, 1.807) is 4.57 Å². The maximum absolute atomic E-state index is 12.3. The standard InChI is InChI=1S/C17H22N2O2/c1-3-10-21-15-7-5-6-13(11-15)16-9-8-14(12-18)17(20)19(16)4-2/h5-9,11H,3-4,10,12,18H2,1-2H3. The molecule has 1 heterocycles. The molecular weight excluding hydrogens is 264 g/mol. The first-order valence-corrected chi connectivity index (χ1v) is 7.37. The van der Waals surface area contributed by atoms with Crippen LogP contribution in [0.3, 0.4) is 0 Å². The van der Waals surface area contributed by atoms with Crippen molar-refractivity contribution < 1.29 is 4.74 Å². The van der Waals surface area contributed by atoms with Gasteiger partial charge in [0.1, 0.15) is 5.75 Å². The second kappa shape index (κ2) is 7.09. The Morgan fingerprint density at radius 1 is 1.19 bits per heavy atom. The minimum Gasteiger partial charge on any atom is -0.494 e. The number of hydrogen-bond donors (Lipinski definition) is 1. The molecule has 112 valence electrons. The first kappa shape index (κ1) is 15.3. The highest BCUT2D eigenvalue weighted by atomic mass is 16.5. The molecule has 2 N–H and O–H groups in total. The van der Waals surface area contributed by atoms with Gasteiger partial charge in [0.05, 0.1) is 12.3 Å². The summed E-state index contributed by atoms with van der Waals surface area (Å²) >= 11 is 0. The van der Waals surface area contributed by atoms with Crippen LogP contribution in [-0.2, 0) is 13.1 Å². The number of ether oxygens (including phenoxy) is 1. The molecule has 2 rings (SSSR count). The molecule has 0 atom stereocenters. The normalized spacial score (nSPS) is 10.6. The molecule has 4 heteroatoms. The quantitative estimate of drug-likeness (QED) is 0.888. The van der Waals surface area contributed by atoms with E-state index in [9.17, 15) is 4.79 Å². The Morgan fingerprint density at radius 3 is 2.67 bits per heavy atom. The van der Waals surface area contributed by atoms with Crippen molar-refractivity contribution in [3.63, 3.8) is 0 Å². The van der Waals surface area contributed by atoms with E-state index in [1.807, 2.05) is 43.3 Å². The van der Waals surface area contributed by atoms with Crippen LogP contribution < -0.4 is 16.0 Å². The number of pyridine rings is 1. The molecule has 0 aliphatic rings. The highest BCUT2D eigenvalue weighted by Gasteiger charge is 2.09. The molecule has 0 aliphatic carbocycles. The van der Waals surface area contributed by atoms with Crippen molar-refractivity contribution in [2.45, 2.75) is 33.4 Å². The zero-order valence-corrected chi connectivity index (χ0v) is 12.6. The molecule has 1 aromatic heterocycles. The fraction of sp³-hybridized carbons (Fsp3) is 0.353. The molecule has 0 radical (unpaired) electrons. The van der Waals surface area contributed by atoms with Gasteiger partial charge in [-0.05, 0) is 31.5 Å². The molecule has 21 heavy (non-hydrogen) atoms. The third-order valence-electron chi connectivity index (χ3n) is 3.39. The topological polar surface area (TPSA) is 57.2 Å². The summed E-state index contributed by atoms with van der Waals surface area (Å²) < 4.78 is 7.41. The minimum atomic E-state index is -0.0163. The van der Waals surface area contributed by atoms with Crippen LogP contribution in [0, 0.1) is 0 Å². The second-order valence-electron chi connectivity index (χ2n) is 4.87. The van der Waals surface area contributed by atoms with Crippen molar-refractivity contribution in [2.75, 3.05) is 6.61 Å². The van der Waals surface area contributed by atoms with E-state index >= 15 is 0 Å². The number of benzene rings is 1. The molecule has 0 saturated carbocycles. The predicted octanol–water partition coefficient (Wildman–Crippen LogP) is 2.78. The molecule has 0 fully saturated rings. The van der Waals surface area contributed by atoms with E-state index < -0.39 is 0 Å². The fourth-order valence-corrected chi connectivity index (χ4v) is 2.31. The van der Waals surface area contributed by atoms with Gasteiger partial charge in [0.2, 0.25) is 0 Å². The Morgan fingerprint density at radius 2 is 2.00 bits per heavy atom. The fourth-order valence-electron chi connectivity index (χ4n) is 2.31. The van der Waals surface area contributed by atoms with E-state index in [0.717, 1.165) is 23.4 Å². The molecular formula is C17H22N2O2. The van der Waals surface area contributed by atoms with Crippen LogP contribution in [-0.4, -0.2) is 11.2 Å². The summed E-state index contributed by atoms with van der Waals surface area (Å²) in [5.74, 6) is 0.826. The average molecular weight is 286 g/mol. The van der Waals surface area contributed by atoms with Gasteiger partial charge in [-0.1, -0.05) is 25.1 Å². The van der Waals surface area contributed by atoms with Gasteiger partial charge in [-0.15, -0.1) is 0 Å². The van der Waals surface area contributed by atoms with Gasteiger partial charge in [0, 0.05) is 24.2 Å². The number of nitrogens with two attached hydrogens (primary N) is 1. The van der Waals surface area contributed by atoms with Gasteiger partial charge < -0.3 is 15.0 Å². The number of hydrogen-bond acceptors (Lipinski definition) is 3. The smallest absolute Gasteiger partial charge is 0.255 e. The van der Waals surface area contributed by atoms with E-state index in [2.05, 4.69) is 6.92 Å². The molecule has 0 aliphatic heterocycles. The summed E-state index contributed by atoms with van der Waals surface area (Å²) in [6.07, 6.45) is 0.967. The highest BCUT2D eigenvalue weighted by Crippen LogP contribution is 2.23. The third-order valence-corrected chi connectivity index (χ3v) is 3.39. The number of rotatable bonds is 6. The lowest BCUT2D eigenvalue weighted by Crippen LogP contribution is -2.25. The lowest BCUT2D eigenvalue weighted by atomic mass is 10.1. The lowest BCUT2D eigenvalue weighted by Gasteiger charge is -2.14. The van der Waals surface area contributed by atoms with Crippen LogP contribution in [0.2, 0.25) is 0 Å². The van der Waals surface area contributed by atoms with Crippen molar-refractivity contribution in [1.82, 2.24) is 4.57 Å². The molecule has 0 spiro atoms. The van der Waals surface area contributed by atoms with Gasteiger partial charge in [0.25, 0.3) is 5.56 Å². The van der Waals surface area contributed by atoms with Gasteiger partial charge in [-0.2, -0.15) is 0 Å². The summed E-state index contributed by atoms with van der Waals surface area (Å²) in [6, 6.07) is 11.6. The third kappa shape index (κ3) is 3.34. The van der Waals surface area contributed by atoms with Crippen LogP contribution in [0.1, 0.15) is 25.8 Å². The average Bonchev–Trinajstić information content (AvgIpc) is 2.52. The Hall–Kier alpha value is -2.07. The second-order valence-corrected chi connectivity index (χ2v) is 4.87. The summed E-state index contributed by atoms with van der Waals surface area (Å²) in [6.45, 7) is 5.60. The predicted molar refractivity (Wildman–Crippen MR) is 85.5 cm³/mol. The molecule has 1 aromatic carbocycles. The summed E-state index contributed by atoms with van der Waals surface area (Å²) in [7, 11) is 0. The van der Waals surface area contributed by atoms with Crippen molar-refractivity contribution in [1.29, 1.82) is 0 Å². The van der Waals surface area contributed by atoms with E-state index in [-0.39, 0.29) is 12.1 Å². The Bertz CT molecular complexity index is 662. The van der Waals surface area contributed by atoms with Crippen molar-refractivity contribution in [2.24, 2.45) is 5.73 Å². The lowest BCUT2D eigenvalue weighted by molar-refractivity contribution is 0.317. The number of aromatic nitrogens is 1. The van der Waals surface area contributed by atoms with E-state index in [4.69, 9.17) is 10.5 Å². The van der Waals surface area contributed by atoms with Crippen LogP contribution in [0.15, 0.2) is 41.2 Å². The van der Waals surface area contributed by atoms with Crippen LogP contribution in [0.25, 0.3) is 11.3 Å². The largest absolute Gasteiger partial charge is 0.494 e. The molecule has 0 saturated heterocycles. The Balaban J connectivity index is 2.46.